The van der Waals surface area contributed by atoms with E-state index in [-0.39, 0.29) is 12.1 Å². The molecule has 1 aliphatic carbocycles. The lowest BCUT2D eigenvalue weighted by molar-refractivity contribution is 0.137. The molecule has 0 heterocycles. The van der Waals surface area contributed by atoms with Gasteiger partial charge >= 0.3 is 0 Å². The first-order valence-electron chi connectivity index (χ1n) is 7.74. The Hall–Kier alpha value is -1.06. The van der Waals surface area contributed by atoms with Crippen molar-refractivity contribution >= 4 is 0 Å². The summed E-state index contributed by atoms with van der Waals surface area (Å²) >= 11 is 0. The number of benzene rings is 1. The van der Waals surface area contributed by atoms with E-state index in [0.717, 1.165) is 18.1 Å². The molecule has 0 bridgehead atoms. The lowest BCUT2D eigenvalue weighted by atomic mass is 9.99. The van der Waals surface area contributed by atoms with Crippen LogP contribution in [0.25, 0.3) is 0 Å². The number of aliphatic hydroxyl groups excluding tert-OH is 1. The van der Waals surface area contributed by atoms with Crippen LogP contribution in [0.3, 0.4) is 0 Å². The van der Waals surface area contributed by atoms with Crippen LogP contribution in [0.15, 0.2) is 24.3 Å². The van der Waals surface area contributed by atoms with E-state index in [1.807, 2.05) is 12.1 Å². The van der Waals surface area contributed by atoms with Crippen LogP contribution in [0.1, 0.15) is 50.6 Å². The maximum atomic E-state index is 10.1. The fraction of sp³-hybridized carbons (Fsp3) is 0.647. The van der Waals surface area contributed by atoms with Crippen LogP contribution in [0.5, 0.6) is 5.75 Å². The number of ether oxygens (including phenoxy) is 1. The largest absolute Gasteiger partial charge is 0.497 e. The zero-order chi connectivity index (χ0) is 14.4. The SMILES string of the molecule is COc1ccc([C@@H](C)NCC(O)CC2CCCC2)cc1. The van der Waals surface area contributed by atoms with E-state index >= 15 is 0 Å². The molecule has 0 aliphatic heterocycles. The van der Waals surface area contributed by atoms with Crippen LogP contribution in [0.2, 0.25) is 0 Å². The molecule has 1 aliphatic rings. The summed E-state index contributed by atoms with van der Waals surface area (Å²) in [5.74, 6) is 1.62. The minimum Gasteiger partial charge on any atom is -0.497 e. The lowest BCUT2D eigenvalue weighted by Crippen LogP contribution is -2.30. The predicted octanol–water partition coefficient (Wildman–Crippen LogP) is 3.29. The maximum absolute atomic E-state index is 10.1. The van der Waals surface area contributed by atoms with Gasteiger partial charge in [-0.1, -0.05) is 37.8 Å². The third-order valence-corrected chi connectivity index (χ3v) is 4.36. The quantitative estimate of drug-likeness (QED) is 0.803. The van der Waals surface area contributed by atoms with Crippen molar-refractivity contribution in [2.45, 2.75) is 51.2 Å². The number of rotatable bonds is 7. The third-order valence-electron chi connectivity index (χ3n) is 4.36. The highest BCUT2D eigenvalue weighted by Gasteiger charge is 2.19. The second-order valence-corrected chi connectivity index (χ2v) is 5.94. The molecule has 2 atom stereocenters. The van der Waals surface area contributed by atoms with Gasteiger partial charge in [0.25, 0.3) is 0 Å². The molecule has 0 saturated heterocycles. The molecule has 3 nitrogen and oxygen atoms in total. The van der Waals surface area contributed by atoms with E-state index in [1.165, 1.54) is 31.2 Å². The van der Waals surface area contributed by atoms with Gasteiger partial charge in [-0.05, 0) is 37.0 Å². The first kappa shape index (κ1) is 15.3. The Bertz CT molecular complexity index is 384. The summed E-state index contributed by atoms with van der Waals surface area (Å²) in [7, 11) is 1.68. The molecule has 0 spiro atoms. The number of methoxy groups -OCH3 is 1. The van der Waals surface area contributed by atoms with Gasteiger partial charge in [-0.15, -0.1) is 0 Å². The summed E-state index contributed by atoms with van der Waals surface area (Å²) in [6, 6.07) is 8.34. The summed E-state index contributed by atoms with van der Waals surface area (Å²) in [5, 5.41) is 13.5. The van der Waals surface area contributed by atoms with E-state index < -0.39 is 0 Å². The Morgan fingerprint density at radius 1 is 1.25 bits per heavy atom. The Labute approximate surface area is 122 Å². The number of nitrogens with one attached hydrogen (secondary N) is 1. The molecular formula is C17H27NO2. The van der Waals surface area contributed by atoms with E-state index in [4.69, 9.17) is 4.74 Å². The third kappa shape index (κ3) is 4.50. The minimum absolute atomic E-state index is 0.223. The van der Waals surface area contributed by atoms with Crippen molar-refractivity contribution < 1.29 is 9.84 Å². The highest BCUT2D eigenvalue weighted by atomic mass is 16.5. The highest BCUT2D eigenvalue weighted by molar-refractivity contribution is 5.28. The summed E-state index contributed by atoms with van der Waals surface area (Å²) < 4.78 is 5.16. The van der Waals surface area contributed by atoms with Crippen molar-refractivity contribution in [1.29, 1.82) is 0 Å². The summed E-state index contributed by atoms with van der Waals surface area (Å²) in [6.07, 6.45) is 6.00. The van der Waals surface area contributed by atoms with Crippen LogP contribution in [0, 0.1) is 5.92 Å². The van der Waals surface area contributed by atoms with Gasteiger partial charge in [-0.2, -0.15) is 0 Å². The molecule has 2 rings (SSSR count). The van der Waals surface area contributed by atoms with Crippen molar-refractivity contribution in [2.24, 2.45) is 5.92 Å². The molecular weight excluding hydrogens is 250 g/mol. The zero-order valence-corrected chi connectivity index (χ0v) is 12.6. The van der Waals surface area contributed by atoms with Crippen LogP contribution in [0.4, 0.5) is 0 Å². The number of hydrogen-bond acceptors (Lipinski definition) is 3. The van der Waals surface area contributed by atoms with Crippen molar-refractivity contribution in [1.82, 2.24) is 5.32 Å². The fourth-order valence-corrected chi connectivity index (χ4v) is 3.04. The van der Waals surface area contributed by atoms with Gasteiger partial charge in [0.15, 0.2) is 0 Å². The minimum atomic E-state index is -0.223. The van der Waals surface area contributed by atoms with Gasteiger partial charge in [0.2, 0.25) is 0 Å². The normalized spacial score (nSPS) is 18.9. The molecule has 0 radical (unpaired) electrons. The first-order valence-corrected chi connectivity index (χ1v) is 7.74. The second kappa shape index (κ2) is 7.65. The fourth-order valence-electron chi connectivity index (χ4n) is 3.04. The highest BCUT2D eigenvalue weighted by Crippen LogP contribution is 2.28. The number of hydrogen-bond donors (Lipinski definition) is 2. The van der Waals surface area contributed by atoms with Crippen molar-refractivity contribution in [3.63, 3.8) is 0 Å². The average molecular weight is 277 g/mol. The first-order chi connectivity index (χ1) is 9.69. The Balaban J connectivity index is 1.74. The maximum Gasteiger partial charge on any atom is 0.118 e. The van der Waals surface area contributed by atoms with Crippen molar-refractivity contribution in [3.8, 4) is 5.75 Å². The van der Waals surface area contributed by atoms with E-state index in [1.54, 1.807) is 7.11 Å². The standard InChI is InChI=1S/C17H27NO2/c1-13(15-7-9-17(20-2)10-8-15)18-12-16(19)11-14-5-3-4-6-14/h7-10,13-14,16,18-19H,3-6,11-12H2,1-2H3/t13-,16?/m1/s1. The molecule has 20 heavy (non-hydrogen) atoms. The van der Waals surface area contributed by atoms with Gasteiger partial charge in [0.05, 0.1) is 13.2 Å². The molecule has 1 saturated carbocycles. The van der Waals surface area contributed by atoms with Gasteiger partial charge < -0.3 is 15.2 Å². The molecule has 1 fully saturated rings. The van der Waals surface area contributed by atoms with E-state index in [9.17, 15) is 5.11 Å². The van der Waals surface area contributed by atoms with Crippen LogP contribution in [-0.4, -0.2) is 24.9 Å². The van der Waals surface area contributed by atoms with Gasteiger partial charge in [-0.25, -0.2) is 0 Å². The Morgan fingerprint density at radius 2 is 1.90 bits per heavy atom. The van der Waals surface area contributed by atoms with Crippen LogP contribution >= 0.6 is 0 Å². The van der Waals surface area contributed by atoms with Crippen LogP contribution < -0.4 is 10.1 Å². The number of aliphatic hydroxyl groups is 1. The smallest absolute Gasteiger partial charge is 0.118 e. The second-order valence-electron chi connectivity index (χ2n) is 5.94. The zero-order valence-electron chi connectivity index (χ0n) is 12.6. The summed E-state index contributed by atoms with van der Waals surface area (Å²) in [6.45, 7) is 2.80. The van der Waals surface area contributed by atoms with Crippen LogP contribution in [-0.2, 0) is 0 Å². The summed E-state index contributed by atoms with van der Waals surface area (Å²) in [4.78, 5) is 0. The van der Waals surface area contributed by atoms with E-state index in [0.29, 0.717) is 6.54 Å². The summed E-state index contributed by atoms with van der Waals surface area (Å²) in [5.41, 5.74) is 1.22. The molecule has 0 aromatic heterocycles. The van der Waals surface area contributed by atoms with Crippen molar-refractivity contribution in [3.05, 3.63) is 29.8 Å². The monoisotopic (exact) mass is 277 g/mol. The Morgan fingerprint density at radius 3 is 2.50 bits per heavy atom. The average Bonchev–Trinajstić information content (AvgIpc) is 2.97. The molecule has 1 aromatic rings. The van der Waals surface area contributed by atoms with Gasteiger partial charge in [0, 0.05) is 12.6 Å². The molecule has 1 aromatic carbocycles. The molecule has 1 unspecified atom stereocenters. The molecule has 112 valence electrons. The Kier molecular flexibility index (Phi) is 5.86. The molecule has 3 heteroatoms. The lowest BCUT2D eigenvalue weighted by Gasteiger charge is -2.19. The van der Waals surface area contributed by atoms with Gasteiger partial charge in [0.1, 0.15) is 5.75 Å². The topological polar surface area (TPSA) is 41.5 Å². The van der Waals surface area contributed by atoms with E-state index in [2.05, 4.69) is 24.4 Å². The van der Waals surface area contributed by atoms with Crippen molar-refractivity contribution in [2.75, 3.05) is 13.7 Å². The van der Waals surface area contributed by atoms with Gasteiger partial charge in [-0.3, -0.25) is 0 Å². The predicted molar refractivity (Wildman–Crippen MR) is 82.0 cm³/mol. The molecule has 0 amide bonds. The molecule has 2 N–H and O–H groups in total.